The van der Waals surface area contributed by atoms with Crippen LogP contribution in [0.1, 0.15) is 25.8 Å². The molecule has 21 heavy (non-hydrogen) atoms. The number of rotatable bonds is 3. The van der Waals surface area contributed by atoms with E-state index in [0.717, 1.165) is 24.3 Å². The zero-order valence-corrected chi connectivity index (χ0v) is 11.4. The molecule has 114 valence electrons. The van der Waals surface area contributed by atoms with Crippen molar-refractivity contribution in [2.45, 2.75) is 26.4 Å². The number of carboxylic acid groups (broad SMARTS) is 1. The standard InChI is InChI=1S/C14H14F3NO3/c1-12(2)7-13(12,11(20)21)10(19)18-9-5-3-8(4-6-9)14(15,16)17/h3-6H,7H2,1-2H3,(H,18,19)(H,20,21). The smallest absolute Gasteiger partial charge is 0.416 e. The van der Waals surface area contributed by atoms with Crippen LogP contribution in [0, 0.1) is 10.8 Å². The first-order valence-electron chi connectivity index (χ1n) is 6.23. The van der Waals surface area contributed by atoms with Crippen LogP contribution >= 0.6 is 0 Å². The average Bonchev–Trinajstić information content (AvgIpc) is 2.93. The second-order valence-electron chi connectivity index (χ2n) is 5.80. The molecule has 0 spiro atoms. The fourth-order valence-electron chi connectivity index (χ4n) is 2.45. The summed E-state index contributed by atoms with van der Waals surface area (Å²) >= 11 is 0. The summed E-state index contributed by atoms with van der Waals surface area (Å²) in [5.41, 5.74) is -2.89. The minimum absolute atomic E-state index is 0.135. The van der Waals surface area contributed by atoms with E-state index in [4.69, 9.17) is 0 Å². The molecular formula is C14H14F3NO3. The number of halogens is 3. The minimum Gasteiger partial charge on any atom is -0.480 e. The lowest BCUT2D eigenvalue weighted by Gasteiger charge is -2.16. The normalized spacial score (nSPS) is 23.5. The van der Waals surface area contributed by atoms with Crippen LogP contribution in [0.5, 0.6) is 0 Å². The average molecular weight is 301 g/mol. The van der Waals surface area contributed by atoms with Crippen molar-refractivity contribution in [2.75, 3.05) is 5.32 Å². The molecule has 1 fully saturated rings. The highest BCUT2D eigenvalue weighted by atomic mass is 19.4. The fourth-order valence-corrected chi connectivity index (χ4v) is 2.45. The monoisotopic (exact) mass is 301 g/mol. The summed E-state index contributed by atoms with van der Waals surface area (Å²) in [6.07, 6.45) is -4.26. The van der Waals surface area contributed by atoms with Crippen molar-refractivity contribution in [2.24, 2.45) is 10.8 Å². The highest BCUT2D eigenvalue weighted by Gasteiger charge is 2.72. The van der Waals surface area contributed by atoms with Gasteiger partial charge in [-0.3, -0.25) is 9.59 Å². The third-order valence-corrected chi connectivity index (χ3v) is 3.96. The van der Waals surface area contributed by atoms with Gasteiger partial charge in [-0.15, -0.1) is 0 Å². The zero-order valence-electron chi connectivity index (χ0n) is 11.4. The molecule has 1 unspecified atom stereocenters. The molecule has 2 N–H and O–H groups in total. The molecule has 1 saturated carbocycles. The lowest BCUT2D eigenvalue weighted by atomic mass is 9.95. The summed E-state index contributed by atoms with van der Waals surface area (Å²) in [4.78, 5) is 23.4. The van der Waals surface area contributed by atoms with Gasteiger partial charge < -0.3 is 10.4 Å². The van der Waals surface area contributed by atoms with Gasteiger partial charge in [0, 0.05) is 5.69 Å². The van der Waals surface area contributed by atoms with E-state index in [1.807, 2.05) is 0 Å². The van der Waals surface area contributed by atoms with Gasteiger partial charge in [0.2, 0.25) is 5.91 Å². The molecule has 1 aromatic rings. The summed E-state index contributed by atoms with van der Waals surface area (Å²) in [6.45, 7) is 3.32. The van der Waals surface area contributed by atoms with Gasteiger partial charge in [-0.2, -0.15) is 13.2 Å². The molecule has 1 aromatic carbocycles. The molecule has 1 atom stereocenters. The first kappa shape index (κ1) is 15.3. The van der Waals surface area contributed by atoms with Crippen LogP contribution in [0.15, 0.2) is 24.3 Å². The molecule has 0 heterocycles. The number of amides is 1. The van der Waals surface area contributed by atoms with Gasteiger partial charge in [0.25, 0.3) is 0 Å². The van der Waals surface area contributed by atoms with Crippen LogP contribution in [0.4, 0.5) is 18.9 Å². The van der Waals surface area contributed by atoms with Crippen molar-refractivity contribution >= 4 is 17.6 Å². The largest absolute Gasteiger partial charge is 0.480 e. The highest BCUT2D eigenvalue weighted by molar-refractivity contribution is 6.12. The number of carbonyl (C=O) groups is 2. The minimum atomic E-state index is -4.46. The predicted molar refractivity (Wildman–Crippen MR) is 68.5 cm³/mol. The number of carbonyl (C=O) groups excluding carboxylic acids is 1. The predicted octanol–water partition coefficient (Wildman–Crippen LogP) is 3.14. The number of hydrogen-bond donors (Lipinski definition) is 2. The van der Waals surface area contributed by atoms with Crippen LogP contribution in [-0.4, -0.2) is 17.0 Å². The zero-order chi connectivity index (χ0) is 16.1. The van der Waals surface area contributed by atoms with E-state index in [9.17, 15) is 27.9 Å². The summed E-state index contributed by atoms with van der Waals surface area (Å²) in [7, 11) is 0. The Balaban J connectivity index is 2.16. The third-order valence-electron chi connectivity index (χ3n) is 3.96. The van der Waals surface area contributed by atoms with E-state index in [0.29, 0.717) is 0 Å². The van der Waals surface area contributed by atoms with E-state index in [2.05, 4.69) is 5.32 Å². The molecule has 2 rings (SSSR count). The Morgan fingerprint density at radius 2 is 1.67 bits per heavy atom. The topological polar surface area (TPSA) is 66.4 Å². The quantitative estimate of drug-likeness (QED) is 0.843. The lowest BCUT2D eigenvalue weighted by molar-refractivity contribution is -0.149. The Kier molecular flexibility index (Phi) is 3.27. The summed E-state index contributed by atoms with van der Waals surface area (Å²) in [5.74, 6) is -1.93. The van der Waals surface area contributed by atoms with Gasteiger partial charge in [-0.05, 0) is 36.1 Å². The van der Waals surface area contributed by atoms with Crippen molar-refractivity contribution in [3.63, 3.8) is 0 Å². The Morgan fingerprint density at radius 3 is 2.00 bits per heavy atom. The van der Waals surface area contributed by atoms with Crippen molar-refractivity contribution < 1.29 is 27.9 Å². The molecule has 0 saturated heterocycles. The molecule has 0 aliphatic heterocycles. The second kappa shape index (κ2) is 4.47. The number of nitrogens with one attached hydrogen (secondary N) is 1. The molecule has 7 heteroatoms. The van der Waals surface area contributed by atoms with Crippen LogP contribution in [-0.2, 0) is 15.8 Å². The van der Waals surface area contributed by atoms with Gasteiger partial charge in [-0.1, -0.05) is 13.8 Å². The van der Waals surface area contributed by atoms with E-state index < -0.39 is 34.4 Å². The maximum Gasteiger partial charge on any atom is 0.416 e. The van der Waals surface area contributed by atoms with E-state index >= 15 is 0 Å². The number of benzene rings is 1. The van der Waals surface area contributed by atoms with E-state index in [-0.39, 0.29) is 12.1 Å². The maximum atomic E-state index is 12.4. The Bertz CT molecular complexity index is 592. The van der Waals surface area contributed by atoms with Crippen LogP contribution in [0.2, 0.25) is 0 Å². The van der Waals surface area contributed by atoms with E-state index in [1.54, 1.807) is 13.8 Å². The molecule has 1 aliphatic rings. The van der Waals surface area contributed by atoms with Gasteiger partial charge in [0.1, 0.15) is 0 Å². The van der Waals surface area contributed by atoms with Gasteiger partial charge >= 0.3 is 12.1 Å². The second-order valence-corrected chi connectivity index (χ2v) is 5.80. The van der Waals surface area contributed by atoms with Crippen LogP contribution < -0.4 is 5.32 Å². The molecule has 1 amide bonds. The summed E-state index contributed by atoms with van der Waals surface area (Å²) < 4.78 is 37.3. The third kappa shape index (κ3) is 2.48. The van der Waals surface area contributed by atoms with Crippen molar-refractivity contribution in [3.05, 3.63) is 29.8 Å². The van der Waals surface area contributed by atoms with Gasteiger partial charge in [0.15, 0.2) is 5.41 Å². The molecule has 4 nitrogen and oxygen atoms in total. The molecule has 1 aliphatic carbocycles. The first-order valence-corrected chi connectivity index (χ1v) is 6.23. The molecule has 0 aromatic heterocycles. The number of aliphatic carboxylic acids is 1. The number of anilines is 1. The Morgan fingerprint density at radius 1 is 1.19 bits per heavy atom. The number of hydrogen-bond acceptors (Lipinski definition) is 2. The van der Waals surface area contributed by atoms with Crippen molar-refractivity contribution in [3.8, 4) is 0 Å². The van der Waals surface area contributed by atoms with Crippen molar-refractivity contribution in [1.82, 2.24) is 0 Å². The van der Waals surface area contributed by atoms with Gasteiger partial charge in [-0.25, -0.2) is 0 Å². The number of alkyl halides is 3. The summed E-state index contributed by atoms with van der Waals surface area (Å²) in [5, 5.41) is 11.6. The fraction of sp³-hybridized carbons (Fsp3) is 0.429. The summed E-state index contributed by atoms with van der Waals surface area (Å²) in [6, 6.07) is 3.87. The SMILES string of the molecule is CC1(C)CC1(C(=O)O)C(=O)Nc1ccc(C(F)(F)F)cc1. The molecular weight excluding hydrogens is 287 g/mol. The van der Waals surface area contributed by atoms with Gasteiger partial charge in [0.05, 0.1) is 5.56 Å². The number of carboxylic acids is 1. The highest BCUT2D eigenvalue weighted by Crippen LogP contribution is 2.64. The first-order chi connectivity index (χ1) is 9.50. The van der Waals surface area contributed by atoms with Crippen LogP contribution in [0.3, 0.4) is 0 Å². The molecule has 0 radical (unpaired) electrons. The molecule has 0 bridgehead atoms. The lowest BCUT2D eigenvalue weighted by Crippen LogP contribution is -2.35. The maximum absolute atomic E-state index is 12.4. The van der Waals surface area contributed by atoms with Crippen LogP contribution in [0.25, 0.3) is 0 Å². The van der Waals surface area contributed by atoms with Crippen molar-refractivity contribution in [1.29, 1.82) is 0 Å². The van der Waals surface area contributed by atoms with E-state index in [1.165, 1.54) is 0 Å². The Hall–Kier alpha value is -2.05. The Labute approximate surface area is 119 Å².